The maximum absolute atomic E-state index is 12.7. The quantitative estimate of drug-likeness (QED) is 0.736. The highest BCUT2D eigenvalue weighted by Crippen LogP contribution is 2.42. The Morgan fingerprint density at radius 3 is 2.42 bits per heavy atom. The number of fused-ring (bicyclic) bond motifs is 1. The predicted octanol–water partition coefficient (Wildman–Crippen LogP) is 3.89. The maximum Gasteiger partial charge on any atom is 0.325 e. The number of imidazole rings is 1. The number of carboxylic acids is 1. The van der Waals surface area contributed by atoms with E-state index >= 15 is 0 Å². The molecule has 2 rings (SSSR count). The summed E-state index contributed by atoms with van der Waals surface area (Å²) in [5.41, 5.74) is 0.548. The Morgan fingerprint density at radius 1 is 1.25 bits per heavy atom. The zero-order chi connectivity index (χ0) is 17.9. The number of aromatic amines is 1. The van der Waals surface area contributed by atoms with E-state index in [9.17, 15) is 14.7 Å². The molecule has 0 radical (unpaired) electrons. The first-order valence-corrected chi connectivity index (χ1v) is 8.57. The third kappa shape index (κ3) is 3.56. The number of H-pyrrole nitrogens is 1. The van der Waals surface area contributed by atoms with Gasteiger partial charge in [-0.2, -0.15) is 0 Å². The number of carboxylic acid groups (broad SMARTS) is 1. The number of hydrogen-bond acceptors (Lipinski definition) is 5. The first-order valence-electron chi connectivity index (χ1n) is 7.83. The van der Waals surface area contributed by atoms with Gasteiger partial charge in [-0.15, -0.1) is 0 Å². The largest absolute Gasteiger partial charge is 0.481 e. The Labute approximate surface area is 145 Å². The first kappa shape index (κ1) is 18.3. The fraction of sp³-hybridized carbons (Fsp3) is 0.471. The second-order valence-corrected chi connectivity index (χ2v) is 7.15. The van der Waals surface area contributed by atoms with Gasteiger partial charge >= 0.3 is 11.9 Å². The van der Waals surface area contributed by atoms with Crippen molar-refractivity contribution in [3.8, 4) is 0 Å². The zero-order valence-corrected chi connectivity index (χ0v) is 15.0. The minimum atomic E-state index is -1.08. The summed E-state index contributed by atoms with van der Waals surface area (Å²) in [7, 11) is 0. The van der Waals surface area contributed by atoms with Crippen molar-refractivity contribution in [3.05, 3.63) is 24.3 Å². The summed E-state index contributed by atoms with van der Waals surface area (Å²) >= 11 is 0.834. The summed E-state index contributed by atoms with van der Waals surface area (Å²) in [6.45, 7) is 7.37. The summed E-state index contributed by atoms with van der Waals surface area (Å²) in [6, 6.07) is 7.50. The molecule has 0 aliphatic rings. The van der Waals surface area contributed by atoms with Crippen LogP contribution in [0.2, 0.25) is 0 Å². The van der Waals surface area contributed by atoms with Gasteiger partial charge in [0, 0.05) is 0 Å². The average molecular weight is 350 g/mol. The van der Waals surface area contributed by atoms with Crippen molar-refractivity contribution in [2.24, 2.45) is 17.3 Å². The van der Waals surface area contributed by atoms with Crippen LogP contribution >= 0.6 is 12.0 Å². The van der Waals surface area contributed by atoms with Gasteiger partial charge in [-0.05, 0) is 24.0 Å². The summed E-state index contributed by atoms with van der Waals surface area (Å²) in [4.78, 5) is 31.4. The van der Waals surface area contributed by atoms with Crippen molar-refractivity contribution in [1.82, 2.24) is 9.97 Å². The Kier molecular flexibility index (Phi) is 5.54. The van der Waals surface area contributed by atoms with Gasteiger partial charge in [0.2, 0.25) is 5.16 Å². The molecular formula is C17H22N2O4S. The normalized spacial score (nSPS) is 12.1. The lowest BCUT2D eigenvalue weighted by molar-refractivity contribution is -0.159. The number of nitrogens with one attached hydrogen (secondary N) is 1. The van der Waals surface area contributed by atoms with Crippen molar-refractivity contribution in [1.29, 1.82) is 0 Å². The number of para-hydroxylation sites is 2. The fourth-order valence-electron chi connectivity index (χ4n) is 2.99. The number of aromatic nitrogens is 2. The zero-order valence-electron chi connectivity index (χ0n) is 14.2. The number of carbonyl (C=O) groups excluding carboxylic acids is 1. The Morgan fingerprint density at radius 2 is 1.88 bits per heavy atom. The molecular weight excluding hydrogens is 328 g/mol. The van der Waals surface area contributed by atoms with Crippen LogP contribution < -0.4 is 0 Å². The molecule has 0 fully saturated rings. The lowest BCUT2D eigenvalue weighted by Crippen LogP contribution is -2.43. The van der Waals surface area contributed by atoms with Gasteiger partial charge in [0.05, 0.1) is 22.9 Å². The lowest BCUT2D eigenvalue weighted by Gasteiger charge is -2.36. The number of hydrogen-bond donors (Lipinski definition) is 2. The Hall–Kier alpha value is -2.02. The predicted molar refractivity (Wildman–Crippen MR) is 92.4 cm³/mol. The van der Waals surface area contributed by atoms with E-state index in [1.54, 1.807) is 0 Å². The van der Waals surface area contributed by atoms with Crippen molar-refractivity contribution in [3.63, 3.8) is 0 Å². The van der Waals surface area contributed by atoms with E-state index in [0.717, 1.165) is 23.1 Å². The van der Waals surface area contributed by atoms with Crippen LogP contribution in [0.25, 0.3) is 11.0 Å². The molecule has 0 bridgehead atoms. The van der Waals surface area contributed by atoms with E-state index < -0.39 is 17.4 Å². The molecule has 0 saturated heterocycles. The molecule has 7 heteroatoms. The minimum Gasteiger partial charge on any atom is -0.481 e. The molecule has 0 aliphatic heterocycles. The highest BCUT2D eigenvalue weighted by molar-refractivity contribution is 7.94. The van der Waals surface area contributed by atoms with Crippen molar-refractivity contribution < 1.29 is 18.9 Å². The summed E-state index contributed by atoms with van der Waals surface area (Å²) < 4.78 is 5.37. The van der Waals surface area contributed by atoms with Gasteiger partial charge in [0.1, 0.15) is 12.0 Å². The standard InChI is InChI=1S/C17H22N2O4S/c1-10(2)17(11(3)4,9-14(20)21)15(22)23-24-16-18-12-7-5-6-8-13(12)19-16/h5-8,10-11H,9H2,1-4H3,(H,18,19)(H,20,21). The average Bonchev–Trinajstić information content (AvgIpc) is 2.92. The number of rotatable bonds is 7. The molecule has 1 aromatic heterocycles. The van der Waals surface area contributed by atoms with Crippen LogP contribution in [0.5, 0.6) is 0 Å². The van der Waals surface area contributed by atoms with Crippen LogP contribution in [0.1, 0.15) is 34.1 Å². The number of nitrogens with zero attached hydrogens (tertiary/aromatic N) is 1. The van der Waals surface area contributed by atoms with Crippen LogP contribution in [0.15, 0.2) is 29.4 Å². The first-order chi connectivity index (χ1) is 11.3. The van der Waals surface area contributed by atoms with Gasteiger partial charge in [-0.3, -0.25) is 9.59 Å². The third-order valence-electron chi connectivity index (χ3n) is 4.45. The van der Waals surface area contributed by atoms with Gasteiger partial charge in [0.25, 0.3) is 0 Å². The summed E-state index contributed by atoms with van der Waals surface area (Å²) in [5, 5.41) is 9.70. The van der Waals surface area contributed by atoms with Gasteiger partial charge < -0.3 is 14.3 Å². The molecule has 0 saturated carbocycles. The fourth-order valence-corrected chi connectivity index (χ4v) is 3.59. The van der Waals surface area contributed by atoms with Crippen LogP contribution in [0, 0.1) is 17.3 Å². The molecule has 130 valence electrons. The van der Waals surface area contributed by atoms with Crippen LogP contribution in [0.3, 0.4) is 0 Å². The molecule has 2 aromatic rings. The van der Waals surface area contributed by atoms with Crippen LogP contribution in [-0.2, 0) is 13.8 Å². The van der Waals surface area contributed by atoms with E-state index in [-0.39, 0.29) is 18.3 Å². The topological polar surface area (TPSA) is 92.3 Å². The molecule has 0 atom stereocenters. The number of benzene rings is 1. The maximum atomic E-state index is 12.7. The molecule has 0 aliphatic carbocycles. The van der Waals surface area contributed by atoms with Crippen molar-refractivity contribution in [2.75, 3.05) is 0 Å². The highest BCUT2D eigenvalue weighted by Gasteiger charge is 2.48. The van der Waals surface area contributed by atoms with E-state index in [0.29, 0.717) is 5.16 Å². The van der Waals surface area contributed by atoms with Crippen LogP contribution in [-0.4, -0.2) is 27.0 Å². The Balaban J connectivity index is 2.19. The van der Waals surface area contributed by atoms with Gasteiger partial charge in [-0.25, -0.2) is 4.98 Å². The van der Waals surface area contributed by atoms with E-state index in [4.69, 9.17) is 4.18 Å². The molecule has 0 spiro atoms. The second kappa shape index (κ2) is 7.25. The van der Waals surface area contributed by atoms with Crippen molar-refractivity contribution >= 4 is 35.0 Å². The highest BCUT2D eigenvalue weighted by atomic mass is 32.2. The molecule has 6 nitrogen and oxygen atoms in total. The second-order valence-electron chi connectivity index (χ2n) is 6.43. The molecule has 0 amide bonds. The van der Waals surface area contributed by atoms with Crippen LogP contribution in [0.4, 0.5) is 0 Å². The number of aliphatic carboxylic acids is 1. The minimum absolute atomic E-state index is 0.169. The Bertz CT molecular complexity index is 698. The van der Waals surface area contributed by atoms with E-state index in [2.05, 4.69) is 9.97 Å². The van der Waals surface area contributed by atoms with Crippen molar-refractivity contribution in [2.45, 2.75) is 39.3 Å². The van der Waals surface area contributed by atoms with E-state index in [1.807, 2.05) is 52.0 Å². The molecule has 2 N–H and O–H groups in total. The summed E-state index contributed by atoms with van der Waals surface area (Å²) in [6.07, 6.45) is -0.262. The smallest absolute Gasteiger partial charge is 0.325 e. The monoisotopic (exact) mass is 350 g/mol. The lowest BCUT2D eigenvalue weighted by atomic mass is 9.67. The molecule has 1 aromatic carbocycles. The third-order valence-corrected chi connectivity index (χ3v) is 5.03. The van der Waals surface area contributed by atoms with E-state index in [1.165, 1.54) is 0 Å². The van der Waals surface area contributed by atoms with Gasteiger partial charge in [0.15, 0.2) is 0 Å². The molecule has 24 heavy (non-hydrogen) atoms. The summed E-state index contributed by atoms with van der Waals surface area (Å²) in [5.74, 6) is -1.88. The van der Waals surface area contributed by atoms with Gasteiger partial charge in [-0.1, -0.05) is 39.8 Å². The molecule has 1 heterocycles. The SMILES string of the molecule is CC(C)C(CC(=O)O)(C(=O)OSc1nc2ccccc2[nH]1)C(C)C. The molecule has 0 unspecified atom stereocenters. The number of carbonyl (C=O) groups is 2.